The number of nitrogens with one attached hydrogen (secondary N) is 1. The van der Waals surface area contributed by atoms with E-state index in [1.54, 1.807) is 4.90 Å². The van der Waals surface area contributed by atoms with Crippen molar-refractivity contribution in [2.24, 2.45) is 0 Å². The zero-order valence-electron chi connectivity index (χ0n) is 17.1. The van der Waals surface area contributed by atoms with Gasteiger partial charge in [-0.05, 0) is 30.9 Å². The molecule has 0 saturated heterocycles. The number of nitrogens with zero attached hydrogens (tertiary/aromatic N) is 2. The standard InChI is InChI=1S/C25H25N3O2/c1-17(18-8-4-2-5-9-18)23(30)28-15-12-21-20(16-28)22(29)27-24(26-21)25(13-14-25)19-10-6-3-7-11-19/h2-11,17H,12-16H2,1H3,(H,26,27,29)/t17-/m1/s1. The molecule has 30 heavy (non-hydrogen) atoms. The molecule has 2 heterocycles. The van der Waals surface area contributed by atoms with Crippen molar-refractivity contribution in [2.75, 3.05) is 6.54 Å². The number of rotatable bonds is 4. The molecule has 5 heteroatoms. The maximum Gasteiger partial charge on any atom is 0.256 e. The molecule has 3 aromatic rings. The minimum atomic E-state index is -0.230. The van der Waals surface area contributed by atoms with E-state index in [0.29, 0.717) is 25.1 Å². The molecule has 1 aromatic heterocycles. The van der Waals surface area contributed by atoms with E-state index in [9.17, 15) is 9.59 Å². The number of carbonyl (C=O) groups is 1. The molecule has 1 aliphatic carbocycles. The zero-order valence-corrected chi connectivity index (χ0v) is 17.1. The molecule has 0 unspecified atom stereocenters. The van der Waals surface area contributed by atoms with Crippen LogP contribution in [0, 0.1) is 0 Å². The van der Waals surface area contributed by atoms with Crippen LogP contribution in [0.5, 0.6) is 0 Å². The molecule has 5 rings (SSSR count). The van der Waals surface area contributed by atoms with Crippen LogP contribution in [-0.2, 0) is 23.2 Å². The smallest absolute Gasteiger partial charge is 0.256 e. The van der Waals surface area contributed by atoms with E-state index in [1.807, 2.05) is 55.5 Å². The summed E-state index contributed by atoms with van der Waals surface area (Å²) in [5.74, 6) is 0.597. The molecule has 2 aromatic carbocycles. The quantitative estimate of drug-likeness (QED) is 0.730. The van der Waals surface area contributed by atoms with E-state index in [0.717, 1.165) is 29.9 Å². The largest absolute Gasteiger partial charge is 0.337 e. The summed E-state index contributed by atoms with van der Waals surface area (Å²) in [4.78, 5) is 35.7. The number of hydrogen-bond acceptors (Lipinski definition) is 3. The van der Waals surface area contributed by atoms with Crippen molar-refractivity contribution in [2.45, 2.75) is 44.1 Å². The first-order valence-corrected chi connectivity index (χ1v) is 10.6. The van der Waals surface area contributed by atoms with E-state index in [4.69, 9.17) is 4.98 Å². The third kappa shape index (κ3) is 3.15. The number of amides is 1. The average molecular weight is 399 g/mol. The molecular formula is C25H25N3O2. The van der Waals surface area contributed by atoms with Gasteiger partial charge in [0, 0.05) is 13.0 Å². The van der Waals surface area contributed by atoms with Gasteiger partial charge in [0.05, 0.1) is 29.1 Å². The number of aromatic nitrogens is 2. The molecule has 1 fully saturated rings. The van der Waals surface area contributed by atoms with Crippen LogP contribution in [0.2, 0.25) is 0 Å². The Kier molecular flexibility index (Phi) is 4.54. The second-order valence-corrected chi connectivity index (χ2v) is 8.43. The first-order chi connectivity index (χ1) is 14.6. The molecule has 1 aliphatic heterocycles. The van der Waals surface area contributed by atoms with E-state index in [2.05, 4.69) is 17.1 Å². The van der Waals surface area contributed by atoms with Crippen LogP contribution >= 0.6 is 0 Å². The van der Waals surface area contributed by atoms with Crippen LogP contribution in [0.15, 0.2) is 65.5 Å². The summed E-state index contributed by atoms with van der Waals surface area (Å²) in [5.41, 5.74) is 3.40. The highest BCUT2D eigenvalue weighted by Crippen LogP contribution is 2.51. The molecule has 1 amide bonds. The third-order valence-electron chi connectivity index (χ3n) is 6.58. The van der Waals surface area contributed by atoms with Gasteiger partial charge in [-0.25, -0.2) is 4.98 Å². The van der Waals surface area contributed by atoms with Crippen molar-refractivity contribution < 1.29 is 4.79 Å². The Morgan fingerprint density at radius 1 is 1.07 bits per heavy atom. The number of carbonyl (C=O) groups excluding carboxylic acids is 1. The second kappa shape index (κ2) is 7.24. The fourth-order valence-corrected chi connectivity index (χ4v) is 4.54. The molecule has 1 N–H and O–H groups in total. The lowest BCUT2D eigenvalue weighted by molar-refractivity contribution is -0.133. The molecule has 0 bridgehead atoms. The minimum Gasteiger partial charge on any atom is -0.337 e. The van der Waals surface area contributed by atoms with Gasteiger partial charge in [0.25, 0.3) is 5.56 Å². The topological polar surface area (TPSA) is 66.1 Å². The second-order valence-electron chi connectivity index (χ2n) is 8.43. The van der Waals surface area contributed by atoms with E-state index >= 15 is 0 Å². The number of benzene rings is 2. The predicted octanol–water partition coefficient (Wildman–Crippen LogP) is 3.54. The zero-order chi connectivity index (χ0) is 20.7. The maximum absolute atomic E-state index is 13.0. The normalized spacial score (nSPS) is 17.8. The van der Waals surface area contributed by atoms with Crippen LogP contribution in [0.1, 0.15) is 53.9 Å². The summed E-state index contributed by atoms with van der Waals surface area (Å²) >= 11 is 0. The van der Waals surface area contributed by atoms with Crippen molar-refractivity contribution in [3.8, 4) is 0 Å². The molecule has 152 valence electrons. The molecular weight excluding hydrogens is 374 g/mol. The van der Waals surface area contributed by atoms with Gasteiger partial charge in [-0.3, -0.25) is 9.59 Å². The van der Waals surface area contributed by atoms with E-state index in [-0.39, 0.29) is 22.8 Å². The monoisotopic (exact) mass is 399 g/mol. The highest BCUT2D eigenvalue weighted by Gasteiger charge is 2.48. The van der Waals surface area contributed by atoms with E-state index < -0.39 is 0 Å². The fraction of sp³-hybridized carbons (Fsp3) is 0.320. The Morgan fingerprint density at radius 3 is 2.40 bits per heavy atom. The summed E-state index contributed by atoms with van der Waals surface area (Å²) in [6.07, 6.45) is 2.61. The number of fused-ring (bicyclic) bond motifs is 1. The van der Waals surface area contributed by atoms with Crippen LogP contribution in [0.4, 0.5) is 0 Å². The first-order valence-electron chi connectivity index (χ1n) is 10.6. The summed E-state index contributed by atoms with van der Waals surface area (Å²) < 4.78 is 0. The van der Waals surface area contributed by atoms with Gasteiger partial charge < -0.3 is 9.88 Å². The third-order valence-corrected chi connectivity index (χ3v) is 6.58. The van der Waals surface area contributed by atoms with Gasteiger partial charge in [0.2, 0.25) is 5.91 Å². The van der Waals surface area contributed by atoms with Crippen LogP contribution in [0.25, 0.3) is 0 Å². The van der Waals surface area contributed by atoms with Crippen molar-refractivity contribution in [1.82, 2.24) is 14.9 Å². The Labute approximate surface area is 175 Å². The maximum atomic E-state index is 13.0. The number of aromatic amines is 1. The predicted molar refractivity (Wildman–Crippen MR) is 115 cm³/mol. The SMILES string of the molecule is C[C@@H](C(=O)N1CCc2nc(C3(c4ccccc4)CC3)[nH]c(=O)c2C1)c1ccccc1. The molecule has 1 saturated carbocycles. The van der Waals surface area contributed by atoms with Gasteiger partial charge in [-0.15, -0.1) is 0 Å². The van der Waals surface area contributed by atoms with Crippen LogP contribution in [-0.4, -0.2) is 27.3 Å². The summed E-state index contributed by atoms with van der Waals surface area (Å²) in [6, 6.07) is 20.1. The van der Waals surface area contributed by atoms with Crippen molar-refractivity contribution in [1.29, 1.82) is 0 Å². The molecule has 2 aliphatic rings. The lowest BCUT2D eigenvalue weighted by Gasteiger charge is -2.30. The Hall–Kier alpha value is -3.21. The van der Waals surface area contributed by atoms with Gasteiger partial charge in [0.15, 0.2) is 0 Å². The van der Waals surface area contributed by atoms with E-state index in [1.165, 1.54) is 5.56 Å². The molecule has 5 nitrogen and oxygen atoms in total. The molecule has 1 atom stereocenters. The highest BCUT2D eigenvalue weighted by atomic mass is 16.2. The number of hydrogen-bond donors (Lipinski definition) is 1. The van der Waals surface area contributed by atoms with Gasteiger partial charge in [-0.1, -0.05) is 60.7 Å². The summed E-state index contributed by atoms with van der Waals surface area (Å²) in [7, 11) is 0. The van der Waals surface area contributed by atoms with Crippen molar-refractivity contribution >= 4 is 5.91 Å². The lowest BCUT2D eigenvalue weighted by atomic mass is 9.94. The van der Waals surface area contributed by atoms with Gasteiger partial charge in [0.1, 0.15) is 5.82 Å². The van der Waals surface area contributed by atoms with Gasteiger partial charge in [-0.2, -0.15) is 0 Å². The van der Waals surface area contributed by atoms with Gasteiger partial charge >= 0.3 is 0 Å². The molecule has 0 radical (unpaired) electrons. The first kappa shape index (κ1) is 18.8. The van der Waals surface area contributed by atoms with Crippen LogP contribution in [0.3, 0.4) is 0 Å². The Bertz CT molecular complexity index is 1130. The fourth-order valence-electron chi connectivity index (χ4n) is 4.54. The van der Waals surface area contributed by atoms with Crippen molar-refractivity contribution in [3.05, 3.63) is 99.2 Å². The summed E-state index contributed by atoms with van der Waals surface area (Å²) in [5, 5.41) is 0. The van der Waals surface area contributed by atoms with Crippen LogP contribution < -0.4 is 5.56 Å². The Balaban J connectivity index is 1.41. The number of H-pyrrole nitrogens is 1. The highest BCUT2D eigenvalue weighted by molar-refractivity contribution is 5.83. The summed E-state index contributed by atoms with van der Waals surface area (Å²) in [6.45, 7) is 2.85. The average Bonchev–Trinajstić information content (AvgIpc) is 3.61. The van der Waals surface area contributed by atoms with Crippen molar-refractivity contribution in [3.63, 3.8) is 0 Å². The molecule has 0 spiro atoms. The minimum absolute atomic E-state index is 0.0540. The lowest BCUT2D eigenvalue weighted by Crippen LogP contribution is -2.42. The Morgan fingerprint density at radius 2 is 1.73 bits per heavy atom.